The number of benzene rings is 1. The van der Waals surface area contributed by atoms with Gasteiger partial charge in [0, 0.05) is 32.0 Å². The Labute approximate surface area is 182 Å². The lowest BCUT2D eigenvalue weighted by molar-refractivity contribution is -0.0415. The van der Waals surface area contributed by atoms with E-state index < -0.39 is 17.9 Å². The van der Waals surface area contributed by atoms with Gasteiger partial charge >= 0.3 is 6.09 Å². The molecule has 0 N–H and O–H groups in total. The van der Waals surface area contributed by atoms with E-state index in [-0.39, 0.29) is 12.2 Å². The van der Waals surface area contributed by atoms with Gasteiger partial charge in [-0.2, -0.15) is 0 Å². The molecule has 0 radical (unpaired) electrons. The highest BCUT2D eigenvalue weighted by Crippen LogP contribution is 2.32. The minimum absolute atomic E-state index is 0.130. The fourth-order valence-corrected chi connectivity index (χ4v) is 4.25. The summed E-state index contributed by atoms with van der Waals surface area (Å²) in [5, 5.41) is 0.614. The summed E-state index contributed by atoms with van der Waals surface area (Å²) in [7, 11) is 0. The van der Waals surface area contributed by atoms with Gasteiger partial charge in [0.1, 0.15) is 5.60 Å². The minimum Gasteiger partial charge on any atom is -0.444 e. The van der Waals surface area contributed by atoms with E-state index in [4.69, 9.17) is 21.1 Å². The molecule has 2 fully saturated rings. The number of rotatable bonds is 4. The zero-order chi connectivity index (χ0) is 21.9. The average molecular weight is 445 g/mol. The van der Waals surface area contributed by atoms with Crippen LogP contribution in [0.3, 0.4) is 0 Å². The van der Waals surface area contributed by atoms with E-state index in [1.165, 1.54) is 0 Å². The van der Waals surface area contributed by atoms with Crippen molar-refractivity contribution in [2.75, 3.05) is 37.7 Å². The molecule has 1 amide bonds. The Morgan fingerprint density at radius 1 is 1.27 bits per heavy atom. The lowest BCUT2D eigenvalue weighted by Gasteiger charge is -2.35. The van der Waals surface area contributed by atoms with Crippen LogP contribution < -0.4 is 4.90 Å². The predicted octanol–water partition coefficient (Wildman–Crippen LogP) is 5.00. The average Bonchev–Trinajstić information content (AvgIpc) is 2.67. The van der Waals surface area contributed by atoms with Crippen molar-refractivity contribution in [1.82, 2.24) is 4.90 Å². The molecule has 3 rings (SSSR count). The van der Waals surface area contributed by atoms with Crippen molar-refractivity contribution in [3.8, 4) is 0 Å². The molecule has 2 saturated heterocycles. The van der Waals surface area contributed by atoms with E-state index in [1.54, 1.807) is 4.90 Å². The first-order chi connectivity index (χ1) is 14.1. The molecule has 1 unspecified atom stereocenters. The molecule has 168 valence electrons. The number of hydrogen-bond acceptors (Lipinski definition) is 4. The van der Waals surface area contributed by atoms with Crippen molar-refractivity contribution in [3.63, 3.8) is 0 Å². The number of halogens is 3. The van der Waals surface area contributed by atoms with Gasteiger partial charge in [-0.15, -0.1) is 0 Å². The number of ether oxygens (including phenoxy) is 2. The van der Waals surface area contributed by atoms with Crippen LogP contribution in [0.25, 0.3) is 0 Å². The molecule has 5 nitrogen and oxygen atoms in total. The third kappa shape index (κ3) is 6.20. The number of morpholine rings is 1. The summed E-state index contributed by atoms with van der Waals surface area (Å²) in [5.41, 5.74) is 1.37. The second-order valence-corrected chi connectivity index (χ2v) is 9.48. The van der Waals surface area contributed by atoms with Crippen LogP contribution in [0.2, 0.25) is 5.02 Å². The second kappa shape index (κ2) is 9.69. The topological polar surface area (TPSA) is 42.0 Å². The van der Waals surface area contributed by atoms with Gasteiger partial charge in [-0.1, -0.05) is 17.7 Å². The number of carbonyl (C=O) groups excluding carboxylic acids is 1. The number of nitrogens with zero attached hydrogens (tertiary/aromatic N) is 2. The molecule has 0 aromatic heterocycles. The van der Waals surface area contributed by atoms with Crippen molar-refractivity contribution in [1.29, 1.82) is 0 Å². The summed E-state index contributed by atoms with van der Waals surface area (Å²) in [4.78, 5) is 16.1. The predicted molar refractivity (Wildman–Crippen MR) is 114 cm³/mol. The molecule has 1 aromatic rings. The Hall–Kier alpha value is -1.60. The van der Waals surface area contributed by atoms with Crippen LogP contribution in [0, 0.1) is 5.92 Å². The first-order valence-electron chi connectivity index (χ1n) is 10.5. The Morgan fingerprint density at radius 3 is 2.57 bits per heavy atom. The van der Waals surface area contributed by atoms with Crippen LogP contribution in [-0.4, -0.2) is 61.9 Å². The Kier molecular flexibility index (Phi) is 7.45. The SMILES string of the molecule is CC(C)(C)OC(=O)N1CCOC(Cc2ccc(N3CCC(C(F)F)CC3)c(Cl)c2)C1. The molecule has 0 saturated carbocycles. The molecule has 1 aromatic carbocycles. The third-order valence-corrected chi connectivity index (χ3v) is 5.81. The maximum absolute atomic E-state index is 12.9. The number of piperidine rings is 1. The van der Waals surface area contributed by atoms with Gasteiger partial charge in [-0.3, -0.25) is 0 Å². The Balaban J connectivity index is 1.57. The van der Waals surface area contributed by atoms with Crippen LogP contribution in [0.5, 0.6) is 0 Å². The lowest BCUT2D eigenvalue weighted by atomic mass is 9.96. The summed E-state index contributed by atoms with van der Waals surface area (Å²) < 4.78 is 37.0. The normalized spacial score (nSPS) is 21.2. The number of amides is 1. The zero-order valence-electron chi connectivity index (χ0n) is 17.9. The van der Waals surface area contributed by atoms with E-state index >= 15 is 0 Å². The van der Waals surface area contributed by atoms with Crippen molar-refractivity contribution in [2.45, 2.75) is 58.2 Å². The fourth-order valence-electron chi connectivity index (χ4n) is 3.92. The van der Waals surface area contributed by atoms with Gasteiger partial charge < -0.3 is 19.3 Å². The lowest BCUT2D eigenvalue weighted by Crippen LogP contribution is -2.48. The van der Waals surface area contributed by atoms with Crippen molar-refractivity contribution in [3.05, 3.63) is 28.8 Å². The van der Waals surface area contributed by atoms with Crippen LogP contribution in [0.15, 0.2) is 18.2 Å². The molecule has 0 aliphatic carbocycles. The van der Waals surface area contributed by atoms with E-state index in [0.29, 0.717) is 57.1 Å². The van der Waals surface area contributed by atoms with Gasteiger partial charge in [0.2, 0.25) is 6.43 Å². The van der Waals surface area contributed by atoms with Gasteiger partial charge in [0.15, 0.2) is 0 Å². The van der Waals surface area contributed by atoms with Crippen LogP contribution in [0.4, 0.5) is 19.3 Å². The Morgan fingerprint density at radius 2 is 1.97 bits per heavy atom. The van der Waals surface area contributed by atoms with Crippen molar-refractivity contribution < 1.29 is 23.0 Å². The van der Waals surface area contributed by atoms with Gasteiger partial charge in [-0.25, -0.2) is 13.6 Å². The van der Waals surface area contributed by atoms with Crippen LogP contribution in [0.1, 0.15) is 39.2 Å². The van der Waals surface area contributed by atoms with Gasteiger partial charge in [-0.05, 0) is 51.3 Å². The highest BCUT2D eigenvalue weighted by Gasteiger charge is 2.29. The van der Waals surface area contributed by atoms with Crippen molar-refractivity contribution in [2.24, 2.45) is 5.92 Å². The van der Waals surface area contributed by atoms with Crippen molar-refractivity contribution >= 4 is 23.4 Å². The first-order valence-corrected chi connectivity index (χ1v) is 10.9. The minimum atomic E-state index is -2.25. The third-order valence-electron chi connectivity index (χ3n) is 5.50. The van der Waals surface area contributed by atoms with E-state index in [2.05, 4.69) is 4.90 Å². The van der Waals surface area contributed by atoms with E-state index in [1.807, 2.05) is 39.0 Å². The quantitative estimate of drug-likeness (QED) is 0.655. The number of hydrogen-bond donors (Lipinski definition) is 0. The van der Waals surface area contributed by atoms with Gasteiger partial charge in [0.25, 0.3) is 0 Å². The molecule has 2 aliphatic heterocycles. The van der Waals surface area contributed by atoms with Gasteiger partial charge in [0.05, 0.1) is 30.0 Å². The summed E-state index contributed by atoms with van der Waals surface area (Å²) in [5.74, 6) is -0.518. The zero-order valence-corrected chi connectivity index (χ0v) is 18.6. The second-order valence-electron chi connectivity index (χ2n) is 9.07. The fraction of sp³-hybridized carbons (Fsp3) is 0.682. The molecular weight excluding hydrogens is 414 g/mol. The number of alkyl halides is 2. The highest BCUT2D eigenvalue weighted by atomic mass is 35.5. The highest BCUT2D eigenvalue weighted by molar-refractivity contribution is 6.33. The molecule has 0 bridgehead atoms. The standard InChI is InChI=1S/C22H31ClF2N2O3/c1-22(2,3)30-21(28)27-10-11-29-17(14-27)12-15-4-5-19(18(23)13-15)26-8-6-16(7-9-26)20(24)25/h4-5,13,16-17,20H,6-12,14H2,1-3H3. The van der Waals surface area contributed by atoms with E-state index in [9.17, 15) is 13.6 Å². The maximum atomic E-state index is 12.9. The summed E-state index contributed by atoms with van der Waals surface area (Å²) >= 11 is 6.52. The summed E-state index contributed by atoms with van der Waals surface area (Å²) in [6.07, 6.45) is -1.11. The monoisotopic (exact) mass is 444 g/mol. The Bertz CT molecular complexity index is 734. The number of carbonyl (C=O) groups is 1. The smallest absolute Gasteiger partial charge is 0.410 e. The van der Waals surface area contributed by atoms with E-state index in [0.717, 1.165) is 11.3 Å². The largest absolute Gasteiger partial charge is 0.444 e. The maximum Gasteiger partial charge on any atom is 0.410 e. The summed E-state index contributed by atoms with van der Waals surface area (Å²) in [6, 6.07) is 5.86. The van der Waals surface area contributed by atoms with Crippen LogP contribution in [-0.2, 0) is 15.9 Å². The van der Waals surface area contributed by atoms with Crippen LogP contribution >= 0.6 is 11.6 Å². The molecule has 30 heavy (non-hydrogen) atoms. The number of anilines is 1. The first kappa shape index (κ1) is 23.1. The summed E-state index contributed by atoms with van der Waals surface area (Å²) in [6.45, 7) is 8.17. The molecule has 0 spiro atoms. The molecule has 2 aliphatic rings. The molecule has 1 atom stereocenters. The molecule has 2 heterocycles. The molecule has 8 heteroatoms. The molecular formula is C22H31ClF2N2O3.